The average Bonchev–Trinajstić information content (AvgIpc) is 3.35. The fourth-order valence-corrected chi connectivity index (χ4v) is 11.1. The van der Waals surface area contributed by atoms with Crippen LogP contribution in [0.15, 0.2) is 52.8 Å². The summed E-state index contributed by atoms with van der Waals surface area (Å²) in [6, 6.07) is 7.13. The second-order valence-electron chi connectivity index (χ2n) is 21.0. The second-order valence-corrected chi connectivity index (χ2v) is 22.7. The zero-order valence-corrected chi connectivity index (χ0v) is 46.9. The van der Waals surface area contributed by atoms with Crippen LogP contribution in [0.5, 0.6) is 0 Å². The number of benzene rings is 1. The molecule has 5 rings (SSSR count). The molecule has 4 heterocycles. The number of rotatable bonds is 16. The Kier molecular flexibility index (Phi) is 23.6. The van der Waals surface area contributed by atoms with Gasteiger partial charge in [-0.05, 0) is 105 Å². The fraction of sp³-hybridized carbons (Fsp3) is 0.765. The van der Waals surface area contributed by atoms with E-state index in [0.29, 0.717) is 24.4 Å². The number of methoxy groups -OCH3 is 2. The SMILES string of the molecule is CC[C@H]1OC(=O)[C@H](C)[C@@H](OC2CC(C)(OC)C(O)C(C)O2)[C@H](C)[C@@H](OC2OC(C)CC(N(C)C)C2O)[C@](C)(O)C[C@@H](C)/C(=N\OCOCCOC)[C@H](C)[C@@H](O)[C@]1(C)O.Nc1ccc(S(=O)(=O)Nc2ncccn2)cc1. The molecular weight excluding hydrogens is 1000 g/mol. The lowest BCUT2D eigenvalue weighted by molar-refractivity contribution is -0.317. The monoisotopic (exact) mass is 1090 g/mol. The number of aliphatic hydroxyl groups excluding tert-OH is 3. The van der Waals surface area contributed by atoms with Gasteiger partial charge in [0.05, 0.1) is 71.5 Å². The summed E-state index contributed by atoms with van der Waals surface area (Å²) >= 11 is 0. The smallest absolute Gasteiger partial charge is 0.311 e. The third-order valence-corrected chi connectivity index (χ3v) is 15.9. The van der Waals surface area contributed by atoms with Crippen LogP contribution in [-0.4, -0.2) is 193 Å². The van der Waals surface area contributed by atoms with Crippen LogP contribution < -0.4 is 10.5 Å². The summed E-state index contributed by atoms with van der Waals surface area (Å²) in [5, 5.41) is 63.6. The zero-order valence-electron chi connectivity index (χ0n) is 46.1. The van der Waals surface area contributed by atoms with Crippen molar-refractivity contribution in [3.05, 3.63) is 42.7 Å². The van der Waals surface area contributed by atoms with Crippen molar-refractivity contribution in [3.8, 4) is 0 Å². The summed E-state index contributed by atoms with van der Waals surface area (Å²) in [7, 11) is 3.10. The van der Waals surface area contributed by atoms with Crippen molar-refractivity contribution in [2.24, 2.45) is 28.8 Å². The largest absolute Gasteiger partial charge is 0.459 e. The number of sulfonamides is 1. The number of cyclic esters (lactones) is 1. The van der Waals surface area contributed by atoms with Crippen molar-refractivity contribution in [2.45, 2.75) is 184 Å². The Morgan fingerprint density at radius 2 is 1.55 bits per heavy atom. The molecule has 75 heavy (non-hydrogen) atoms. The van der Waals surface area contributed by atoms with E-state index in [-0.39, 0.29) is 55.7 Å². The number of nitrogens with one attached hydrogen (secondary N) is 1. The summed E-state index contributed by atoms with van der Waals surface area (Å²) < 4.78 is 74.2. The molecule has 3 aliphatic heterocycles. The molecule has 3 aliphatic rings. The number of nitrogens with two attached hydrogens (primary N) is 1. The quantitative estimate of drug-likeness (QED) is 0.0418. The van der Waals surface area contributed by atoms with E-state index in [4.69, 9.17) is 48.5 Å². The van der Waals surface area contributed by atoms with Crippen molar-refractivity contribution in [1.82, 2.24) is 14.9 Å². The number of ether oxygens (including phenoxy) is 8. The molecule has 8 N–H and O–H groups in total. The van der Waals surface area contributed by atoms with Crippen LogP contribution in [0.2, 0.25) is 0 Å². The van der Waals surface area contributed by atoms with Crippen LogP contribution >= 0.6 is 0 Å². The highest BCUT2D eigenvalue weighted by atomic mass is 32.2. The Morgan fingerprint density at radius 1 is 0.907 bits per heavy atom. The fourth-order valence-electron chi connectivity index (χ4n) is 10.1. The molecule has 23 nitrogen and oxygen atoms in total. The third kappa shape index (κ3) is 16.6. The van der Waals surface area contributed by atoms with Gasteiger partial charge in [0.25, 0.3) is 10.0 Å². The Hall–Kier alpha value is -3.73. The minimum absolute atomic E-state index is 0.0307. The molecule has 1 aromatic carbocycles. The predicted molar refractivity (Wildman–Crippen MR) is 276 cm³/mol. The van der Waals surface area contributed by atoms with Gasteiger partial charge in [0.2, 0.25) is 12.7 Å². The third-order valence-electron chi connectivity index (χ3n) is 14.6. The molecule has 2 aromatic rings. The number of nitrogens with zero attached hydrogens (tertiary/aromatic N) is 4. The van der Waals surface area contributed by atoms with Gasteiger partial charge in [-0.15, -0.1) is 0 Å². The highest BCUT2D eigenvalue weighted by Crippen LogP contribution is 2.41. The number of hydrogen-bond donors (Lipinski definition) is 7. The topological polar surface area (TPSA) is 315 Å². The molecule has 0 radical (unpaired) electrons. The molecule has 1 aromatic heterocycles. The number of carbonyl (C=O) groups is 1. The Balaban J connectivity index is 0.000000599. The van der Waals surface area contributed by atoms with Gasteiger partial charge in [0.15, 0.2) is 12.6 Å². The molecule has 24 heteroatoms. The minimum Gasteiger partial charge on any atom is -0.459 e. The van der Waals surface area contributed by atoms with Gasteiger partial charge in [-0.25, -0.2) is 23.1 Å². The van der Waals surface area contributed by atoms with Gasteiger partial charge >= 0.3 is 5.97 Å². The zero-order chi connectivity index (χ0) is 56.2. The van der Waals surface area contributed by atoms with Crippen LogP contribution in [-0.2, 0) is 57.6 Å². The van der Waals surface area contributed by atoms with E-state index >= 15 is 0 Å². The van der Waals surface area contributed by atoms with Crippen LogP contribution in [0.4, 0.5) is 11.6 Å². The normalized spacial score (nSPS) is 37.9. The molecule has 0 amide bonds. The summed E-state index contributed by atoms with van der Waals surface area (Å²) in [6.45, 7) is 17.3. The molecule has 18 atom stereocenters. The number of hydrogen-bond acceptors (Lipinski definition) is 22. The Labute approximate surface area is 442 Å². The molecule has 8 unspecified atom stereocenters. The summed E-state index contributed by atoms with van der Waals surface area (Å²) in [5.74, 6) is -4.11. The number of likely N-dealkylation sites (N-methyl/N-ethyl adjacent to an activating group) is 1. The van der Waals surface area contributed by atoms with Crippen LogP contribution in [0.1, 0.15) is 94.9 Å². The summed E-state index contributed by atoms with van der Waals surface area (Å²) in [6.07, 6.45) is -6.59. The van der Waals surface area contributed by atoms with E-state index in [1.165, 1.54) is 50.7 Å². The van der Waals surface area contributed by atoms with Crippen LogP contribution in [0.3, 0.4) is 0 Å². The highest BCUT2D eigenvalue weighted by molar-refractivity contribution is 7.92. The number of carbonyl (C=O) groups excluding carboxylic acids is 1. The van der Waals surface area contributed by atoms with Crippen LogP contribution in [0, 0.1) is 23.7 Å². The van der Waals surface area contributed by atoms with Gasteiger partial charge in [-0.2, -0.15) is 0 Å². The maximum absolute atomic E-state index is 14.3. The molecule has 3 saturated heterocycles. The Bertz CT molecular complexity index is 2200. The van der Waals surface area contributed by atoms with Gasteiger partial charge < -0.3 is 78.9 Å². The number of nitrogen functional groups attached to an aromatic ring is 1. The molecule has 0 saturated carbocycles. The van der Waals surface area contributed by atoms with Gasteiger partial charge in [-0.1, -0.05) is 32.9 Å². The first-order valence-electron chi connectivity index (χ1n) is 25.5. The van der Waals surface area contributed by atoms with E-state index in [1.54, 1.807) is 61.6 Å². The first-order chi connectivity index (χ1) is 35.0. The molecule has 3 fully saturated rings. The average molecular weight is 1090 g/mol. The van der Waals surface area contributed by atoms with E-state index < -0.39 is 112 Å². The number of aromatic nitrogens is 2. The minimum atomic E-state index is -3.66. The number of aliphatic hydroxyl groups is 5. The van der Waals surface area contributed by atoms with Gasteiger partial charge in [-0.3, -0.25) is 4.79 Å². The molecule has 0 bridgehead atoms. The van der Waals surface area contributed by atoms with Crippen molar-refractivity contribution in [3.63, 3.8) is 0 Å². The maximum atomic E-state index is 14.3. The molecular formula is C51H86N6O17S. The van der Waals surface area contributed by atoms with E-state index in [1.807, 2.05) is 32.8 Å². The first-order valence-corrected chi connectivity index (χ1v) is 27.0. The van der Waals surface area contributed by atoms with Crippen LogP contribution in [0.25, 0.3) is 0 Å². The van der Waals surface area contributed by atoms with Gasteiger partial charge in [0, 0.05) is 62.5 Å². The second kappa shape index (κ2) is 27.7. The lowest BCUT2D eigenvalue weighted by Gasteiger charge is -2.49. The van der Waals surface area contributed by atoms with Crippen molar-refractivity contribution < 1.29 is 81.5 Å². The summed E-state index contributed by atoms with van der Waals surface area (Å²) in [4.78, 5) is 29.5. The first kappa shape index (κ1) is 63.8. The number of oxime groups is 1. The molecule has 428 valence electrons. The Morgan fingerprint density at radius 3 is 2.13 bits per heavy atom. The number of esters is 1. The van der Waals surface area contributed by atoms with Crippen molar-refractivity contribution in [1.29, 1.82) is 0 Å². The van der Waals surface area contributed by atoms with Crippen molar-refractivity contribution >= 4 is 33.3 Å². The predicted octanol–water partition coefficient (Wildman–Crippen LogP) is 3.07. The van der Waals surface area contributed by atoms with Crippen molar-refractivity contribution in [2.75, 3.05) is 58.8 Å². The highest BCUT2D eigenvalue weighted by Gasteiger charge is 2.53. The van der Waals surface area contributed by atoms with E-state index in [2.05, 4.69) is 19.8 Å². The van der Waals surface area contributed by atoms with E-state index in [9.17, 15) is 38.7 Å². The number of anilines is 2. The molecule has 0 spiro atoms. The lowest BCUT2D eigenvalue weighted by Crippen LogP contribution is -2.61. The molecule has 0 aliphatic carbocycles. The van der Waals surface area contributed by atoms with E-state index in [0.717, 1.165) is 0 Å². The standard InChI is InChI=1S/C41H76N2O15.C10H10N4O2S/c1-15-29-41(10,49)34(45)24(4)31(42-53-21-52-17-16-50-13)22(2)19-39(8,48)36(58-38-32(44)28(43(11)12)18-23(3)54-38)25(5)33(26(6)37(47)56-29)57-30-20-40(9,51-14)35(46)27(7)55-30;11-8-2-4-9(5-3-8)17(15,16)14-10-12-6-1-7-13-10/h22-30,32-36,38,44-46,48-49H,15-21H2,1-14H3;1-7H,11H2,(H,12,13,14)/b42-31+;/t22-,23?,24+,25+,26-,27?,28?,29-,30?,32?,33+,34-,35?,36-,38?,39-,40?,41-;/m1./s1. The summed E-state index contributed by atoms with van der Waals surface area (Å²) in [5.41, 5.74) is 1.49. The van der Waals surface area contributed by atoms with Gasteiger partial charge in [0.1, 0.15) is 23.9 Å². The lowest BCUT2D eigenvalue weighted by atomic mass is 9.73. The maximum Gasteiger partial charge on any atom is 0.311 e.